The number of hydrogen-bond acceptors (Lipinski definition) is 5. The number of nitrogens with zero attached hydrogens (tertiary/aromatic N) is 5. The number of rotatable bonds is 4. The fourth-order valence-corrected chi connectivity index (χ4v) is 5.26. The average molecular weight is 331 g/mol. The molecule has 4 heterocycles. The monoisotopic (exact) mass is 331 g/mol. The van der Waals surface area contributed by atoms with Crippen LogP contribution in [0.1, 0.15) is 22.6 Å². The summed E-state index contributed by atoms with van der Waals surface area (Å²) >= 11 is 1.94. The van der Waals surface area contributed by atoms with Gasteiger partial charge in [-0.3, -0.25) is 14.5 Å². The van der Waals surface area contributed by atoms with Crippen LogP contribution in [0.5, 0.6) is 0 Å². The molecule has 3 atom stereocenters. The maximum atomic E-state index is 4.27. The van der Waals surface area contributed by atoms with Crippen LogP contribution in [0.2, 0.25) is 0 Å². The number of aryl methyl sites for hydroxylation is 1. The number of hydrogen-bond donors (Lipinski definition) is 0. The molecule has 2 aromatic heterocycles. The predicted molar refractivity (Wildman–Crippen MR) is 92.4 cm³/mol. The maximum absolute atomic E-state index is 4.27. The Morgan fingerprint density at radius 3 is 3.00 bits per heavy atom. The molecule has 4 rings (SSSR count). The Bertz CT molecular complexity index is 637. The van der Waals surface area contributed by atoms with E-state index in [0.29, 0.717) is 6.04 Å². The van der Waals surface area contributed by atoms with E-state index in [0.717, 1.165) is 25.0 Å². The largest absolute Gasteiger partial charge is 0.298 e. The Morgan fingerprint density at radius 2 is 2.26 bits per heavy atom. The summed E-state index contributed by atoms with van der Waals surface area (Å²) in [7, 11) is 2.30. The fourth-order valence-electron chi connectivity index (χ4n) is 4.33. The number of likely N-dealkylation sites (N-methyl/N-ethyl adjacent to an activating group) is 1. The quantitative estimate of drug-likeness (QED) is 0.861. The molecule has 124 valence electrons. The van der Waals surface area contributed by atoms with Crippen molar-refractivity contribution in [1.82, 2.24) is 24.6 Å². The maximum Gasteiger partial charge on any atom is 0.137 e. The summed E-state index contributed by atoms with van der Waals surface area (Å²) in [5.74, 6) is 0.795. The van der Waals surface area contributed by atoms with E-state index in [-0.39, 0.29) is 0 Å². The third kappa shape index (κ3) is 3.20. The van der Waals surface area contributed by atoms with Gasteiger partial charge in [0, 0.05) is 41.5 Å². The van der Waals surface area contributed by atoms with Gasteiger partial charge >= 0.3 is 0 Å². The molecule has 0 spiro atoms. The lowest BCUT2D eigenvalue weighted by Gasteiger charge is -2.37. The van der Waals surface area contributed by atoms with Gasteiger partial charge in [0.1, 0.15) is 12.7 Å². The van der Waals surface area contributed by atoms with Gasteiger partial charge in [-0.05, 0) is 44.9 Å². The van der Waals surface area contributed by atoms with E-state index in [1.807, 2.05) is 22.3 Å². The smallest absolute Gasteiger partial charge is 0.137 e. The zero-order valence-electron chi connectivity index (χ0n) is 13.9. The van der Waals surface area contributed by atoms with Crippen molar-refractivity contribution in [2.45, 2.75) is 44.9 Å². The van der Waals surface area contributed by atoms with Gasteiger partial charge in [0.2, 0.25) is 0 Å². The average Bonchev–Trinajstić information content (AvgIpc) is 3.24. The molecule has 2 aromatic rings. The molecule has 2 aliphatic rings. The normalized spacial score (nSPS) is 29.0. The number of thiophene rings is 1. The fraction of sp³-hybridized carbons (Fsp3) is 0.647. The molecule has 0 unspecified atom stereocenters. The van der Waals surface area contributed by atoms with E-state index in [1.54, 1.807) is 6.33 Å². The highest BCUT2D eigenvalue weighted by Crippen LogP contribution is 2.35. The highest BCUT2D eigenvalue weighted by molar-refractivity contribution is 7.11. The van der Waals surface area contributed by atoms with E-state index >= 15 is 0 Å². The first kappa shape index (κ1) is 15.3. The molecule has 2 aliphatic heterocycles. The Labute approximate surface area is 141 Å². The zero-order valence-corrected chi connectivity index (χ0v) is 14.7. The van der Waals surface area contributed by atoms with E-state index in [9.17, 15) is 0 Å². The Kier molecular flexibility index (Phi) is 4.22. The van der Waals surface area contributed by atoms with Gasteiger partial charge < -0.3 is 0 Å². The molecular formula is C17H25N5S. The molecule has 0 radical (unpaired) electrons. The van der Waals surface area contributed by atoms with Gasteiger partial charge in [-0.25, -0.2) is 4.98 Å². The zero-order chi connectivity index (χ0) is 15.8. The molecule has 23 heavy (non-hydrogen) atoms. The summed E-state index contributed by atoms with van der Waals surface area (Å²) in [4.78, 5) is 12.2. The molecule has 5 nitrogen and oxygen atoms in total. The van der Waals surface area contributed by atoms with Crippen LogP contribution in [0.25, 0.3) is 0 Å². The molecule has 2 fully saturated rings. The summed E-state index contributed by atoms with van der Waals surface area (Å²) in [6.07, 6.45) is 6.04. The summed E-state index contributed by atoms with van der Waals surface area (Å²) < 4.78 is 1.98. The number of likely N-dealkylation sites (tertiary alicyclic amines) is 2. The number of fused-ring (bicyclic) bond motifs is 1. The molecular weight excluding hydrogens is 306 g/mol. The van der Waals surface area contributed by atoms with Crippen molar-refractivity contribution in [2.75, 3.05) is 20.1 Å². The number of piperidine rings is 1. The summed E-state index contributed by atoms with van der Waals surface area (Å²) in [6.45, 7) is 6.74. The van der Waals surface area contributed by atoms with Gasteiger partial charge in [0.05, 0.1) is 6.54 Å². The molecule has 0 saturated carbocycles. The minimum Gasteiger partial charge on any atom is -0.298 e. The van der Waals surface area contributed by atoms with Gasteiger partial charge in [-0.2, -0.15) is 5.10 Å². The van der Waals surface area contributed by atoms with Crippen molar-refractivity contribution in [3.05, 3.63) is 34.5 Å². The van der Waals surface area contributed by atoms with Crippen LogP contribution in [-0.4, -0.2) is 56.8 Å². The van der Waals surface area contributed by atoms with E-state index in [2.05, 4.69) is 46.0 Å². The van der Waals surface area contributed by atoms with E-state index < -0.39 is 0 Å². The lowest BCUT2D eigenvalue weighted by Crippen LogP contribution is -2.45. The second-order valence-electron chi connectivity index (χ2n) is 7.04. The topological polar surface area (TPSA) is 37.2 Å². The third-order valence-corrected chi connectivity index (χ3v) is 6.48. The predicted octanol–water partition coefficient (Wildman–Crippen LogP) is 2.24. The van der Waals surface area contributed by atoms with Crippen molar-refractivity contribution in [1.29, 1.82) is 0 Å². The van der Waals surface area contributed by atoms with E-state index in [4.69, 9.17) is 0 Å². The van der Waals surface area contributed by atoms with Crippen molar-refractivity contribution in [3.63, 3.8) is 0 Å². The van der Waals surface area contributed by atoms with Crippen LogP contribution in [0.15, 0.2) is 24.8 Å². The summed E-state index contributed by atoms with van der Waals surface area (Å²) in [5.41, 5.74) is 0. The third-order valence-electron chi connectivity index (χ3n) is 5.49. The van der Waals surface area contributed by atoms with Crippen LogP contribution < -0.4 is 0 Å². The summed E-state index contributed by atoms with van der Waals surface area (Å²) in [5, 5.41) is 4.27. The lowest BCUT2D eigenvalue weighted by molar-refractivity contribution is 0.110. The molecule has 0 aliphatic carbocycles. The van der Waals surface area contributed by atoms with Crippen LogP contribution in [0, 0.1) is 12.8 Å². The van der Waals surface area contributed by atoms with Gasteiger partial charge in [0.25, 0.3) is 0 Å². The Balaban J connectivity index is 1.38. The first-order chi connectivity index (χ1) is 11.2. The number of aromatic nitrogens is 3. The Morgan fingerprint density at radius 1 is 1.35 bits per heavy atom. The van der Waals surface area contributed by atoms with Crippen molar-refractivity contribution in [2.24, 2.45) is 5.92 Å². The molecule has 0 amide bonds. The van der Waals surface area contributed by atoms with Crippen molar-refractivity contribution >= 4 is 11.3 Å². The second-order valence-corrected chi connectivity index (χ2v) is 8.41. The van der Waals surface area contributed by atoms with E-state index in [1.165, 1.54) is 35.7 Å². The van der Waals surface area contributed by atoms with Gasteiger partial charge in [-0.15, -0.1) is 11.3 Å². The van der Waals surface area contributed by atoms with Crippen molar-refractivity contribution < 1.29 is 0 Å². The molecule has 0 aromatic carbocycles. The van der Waals surface area contributed by atoms with Crippen LogP contribution in [-0.2, 0) is 13.1 Å². The highest BCUT2D eigenvalue weighted by atomic mass is 32.1. The lowest BCUT2D eigenvalue weighted by atomic mass is 9.92. The highest BCUT2D eigenvalue weighted by Gasteiger charge is 2.41. The minimum absolute atomic E-state index is 0.593. The molecule has 0 N–H and O–H groups in total. The van der Waals surface area contributed by atoms with Crippen molar-refractivity contribution in [3.8, 4) is 0 Å². The van der Waals surface area contributed by atoms with Crippen LogP contribution in [0.3, 0.4) is 0 Å². The standard InChI is InChI=1S/C17H25N5S/c1-13-3-4-16(23-13)10-21-6-5-17-14(8-21)7-15(20(17)2)9-22-12-18-11-19-22/h3-4,11-12,14-15,17H,5-10H2,1-2H3/t14-,15+,17+/m1/s1. The molecule has 0 bridgehead atoms. The molecule has 2 saturated heterocycles. The van der Waals surface area contributed by atoms with Gasteiger partial charge in [0.15, 0.2) is 0 Å². The second kappa shape index (κ2) is 6.34. The molecule has 6 heteroatoms. The van der Waals surface area contributed by atoms with Crippen LogP contribution >= 0.6 is 11.3 Å². The Hall–Kier alpha value is -1.24. The minimum atomic E-state index is 0.593. The first-order valence-corrected chi connectivity index (χ1v) is 9.32. The van der Waals surface area contributed by atoms with Crippen LogP contribution in [0.4, 0.5) is 0 Å². The summed E-state index contributed by atoms with van der Waals surface area (Å²) in [6, 6.07) is 5.87. The SMILES string of the molecule is Cc1ccc(CN2CC[C@H]3[C@H](C[C@@H](Cn4cncn4)N3C)C2)s1. The van der Waals surface area contributed by atoms with Gasteiger partial charge in [-0.1, -0.05) is 0 Å². The first-order valence-electron chi connectivity index (χ1n) is 8.51.